The molecule has 2 aromatic heterocycles. The van der Waals surface area contributed by atoms with E-state index in [4.69, 9.17) is 0 Å². The zero-order valence-electron chi connectivity index (χ0n) is 11.5. The lowest BCUT2D eigenvalue weighted by molar-refractivity contribution is 0.553. The Bertz CT molecular complexity index is 551. The zero-order valence-corrected chi connectivity index (χ0v) is 11.5. The van der Waals surface area contributed by atoms with Gasteiger partial charge in [0, 0.05) is 30.4 Å². The summed E-state index contributed by atoms with van der Waals surface area (Å²) in [6.07, 6.45) is 1.74. The Morgan fingerprint density at radius 3 is 2.56 bits per heavy atom. The van der Waals surface area contributed by atoms with Gasteiger partial charge in [-0.25, -0.2) is 9.97 Å². The Hall–Kier alpha value is -1.91. The van der Waals surface area contributed by atoms with E-state index in [1.54, 1.807) is 6.20 Å². The van der Waals surface area contributed by atoms with E-state index in [-0.39, 0.29) is 5.41 Å². The highest BCUT2D eigenvalue weighted by atomic mass is 15.3. The fourth-order valence-corrected chi connectivity index (χ4v) is 1.57. The van der Waals surface area contributed by atoms with Crippen molar-refractivity contribution < 1.29 is 0 Å². The van der Waals surface area contributed by atoms with Crippen LogP contribution in [-0.2, 0) is 12.5 Å². The number of anilines is 2. The molecule has 0 radical (unpaired) electrons. The summed E-state index contributed by atoms with van der Waals surface area (Å²) in [5, 5.41) is 7.68. The summed E-state index contributed by atoms with van der Waals surface area (Å²) < 4.78 is 1.81. The van der Waals surface area contributed by atoms with E-state index in [1.165, 1.54) is 0 Å². The lowest BCUT2D eigenvalue weighted by Crippen LogP contribution is -2.12. The first-order valence-corrected chi connectivity index (χ1v) is 5.97. The summed E-state index contributed by atoms with van der Waals surface area (Å²) in [7, 11) is 1.91. The minimum atomic E-state index is 0.0329. The van der Waals surface area contributed by atoms with Crippen LogP contribution in [0.2, 0.25) is 0 Å². The van der Waals surface area contributed by atoms with Crippen molar-refractivity contribution in [3.63, 3.8) is 0 Å². The Morgan fingerprint density at radius 2 is 2.00 bits per heavy atom. The summed E-state index contributed by atoms with van der Waals surface area (Å²) in [5.74, 6) is 1.49. The SMILES string of the molecule is Cc1ccnc(Nc2cc(C(C)(C)C)nn2C)n1. The number of nitrogens with one attached hydrogen (secondary N) is 1. The predicted molar refractivity (Wildman–Crippen MR) is 72.0 cm³/mol. The van der Waals surface area contributed by atoms with Crippen LogP contribution in [0.4, 0.5) is 11.8 Å². The van der Waals surface area contributed by atoms with Crippen molar-refractivity contribution in [1.82, 2.24) is 19.7 Å². The Balaban J connectivity index is 2.27. The Labute approximate surface area is 107 Å². The summed E-state index contributed by atoms with van der Waals surface area (Å²) >= 11 is 0. The highest BCUT2D eigenvalue weighted by molar-refractivity contribution is 5.49. The first-order chi connectivity index (χ1) is 8.36. The van der Waals surface area contributed by atoms with E-state index in [0.717, 1.165) is 17.2 Å². The molecule has 0 unspecified atom stereocenters. The highest BCUT2D eigenvalue weighted by Gasteiger charge is 2.19. The summed E-state index contributed by atoms with van der Waals surface area (Å²) in [4.78, 5) is 8.50. The van der Waals surface area contributed by atoms with E-state index in [9.17, 15) is 0 Å². The van der Waals surface area contributed by atoms with Crippen LogP contribution < -0.4 is 5.32 Å². The number of aryl methyl sites for hydroxylation is 2. The molecular formula is C13H19N5. The van der Waals surface area contributed by atoms with Crippen LogP contribution in [0.5, 0.6) is 0 Å². The van der Waals surface area contributed by atoms with Crippen LogP contribution in [0.3, 0.4) is 0 Å². The van der Waals surface area contributed by atoms with E-state index in [2.05, 4.69) is 41.2 Å². The number of nitrogens with zero attached hydrogens (tertiary/aromatic N) is 4. The van der Waals surface area contributed by atoms with Gasteiger partial charge in [-0.1, -0.05) is 20.8 Å². The zero-order chi connectivity index (χ0) is 13.3. The molecule has 1 N–H and O–H groups in total. The van der Waals surface area contributed by atoms with Gasteiger partial charge in [-0.15, -0.1) is 0 Å². The van der Waals surface area contributed by atoms with E-state index in [0.29, 0.717) is 5.95 Å². The standard InChI is InChI=1S/C13H19N5/c1-9-6-7-14-12(15-9)16-11-8-10(13(2,3)4)17-18(11)5/h6-8H,1-5H3,(H,14,15,16). The van der Waals surface area contributed by atoms with Gasteiger partial charge < -0.3 is 5.32 Å². The molecule has 96 valence electrons. The van der Waals surface area contributed by atoms with Crippen molar-refractivity contribution in [2.75, 3.05) is 5.32 Å². The maximum atomic E-state index is 4.50. The first kappa shape index (κ1) is 12.5. The normalized spacial score (nSPS) is 11.6. The van der Waals surface area contributed by atoms with E-state index >= 15 is 0 Å². The lowest BCUT2D eigenvalue weighted by Gasteiger charge is -2.13. The molecule has 0 aliphatic heterocycles. The van der Waals surface area contributed by atoms with Crippen molar-refractivity contribution in [2.24, 2.45) is 7.05 Å². The molecule has 0 saturated carbocycles. The summed E-state index contributed by atoms with van der Waals surface area (Å²) in [5.41, 5.74) is 2.01. The van der Waals surface area contributed by atoms with Crippen LogP contribution in [0.25, 0.3) is 0 Å². The van der Waals surface area contributed by atoms with Gasteiger partial charge in [0.15, 0.2) is 0 Å². The minimum Gasteiger partial charge on any atom is -0.309 e. The third-order valence-corrected chi connectivity index (χ3v) is 2.68. The van der Waals surface area contributed by atoms with Gasteiger partial charge >= 0.3 is 0 Å². The second-order valence-electron chi connectivity index (χ2n) is 5.44. The van der Waals surface area contributed by atoms with E-state index in [1.807, 2.05) is 30.8 Å². The maximum absolute atomic E-state index is 4.50. The van der Waals surface area contributed by atoms with Gasteiger partial charge in [0.2, 0.25) is 5.95 Å². The molecule has 0 fully saturated rings. The van der Waals surface area contributed by atoms with Gasteiger partial charge in [0.25, 0.3) is 0 Å². The van der Waals surface area contributed by atoms with Crippen LogP contribution in [-0.4, -0.2) is 19.7 Å². The fourth-order valence-electron chi connectivity index (χ4n) is 1.57. The molecule has 18 heavy (non-hydrogen) atoms. The highest BCUT2D eigenvalue weighted by Crippen LogP contribution is 2.24. The Kier molecular flexibility index (Phi) is 3.07. The lowest BCUT2D eigenvalue weighted by atomic mass is 9.92. The molecule has 0 aliphatic carbocycles. The topological polar surface area (TPSA) is 55.6 Å². The smallest absolute Gasteiger partial charge is 0.228 e. The summed E-state index contributed by atoms with van der Waals surface area (Å²) in [6.45, 7) is 8.36. The molecule has 2 aromatic rings. The third-order valence-electron chi connectivity index (χ3n) is 2.68. The predicted octanol–water partition coefficient (Wildman–Crippen LogP) is 2.56. The molecule has 0 spiro atoms. The average molecular weight is 245 g/mol. The number of hydrogen-bond acceptors (Lipinski definition) is 4. The average Bonchev–Trinajstić information content (AvgIpc) is 2.60. The second kappa shape index (κ2) is 4.40. The largest absolute Gasteiger partial charge is 0.309 e. The van der Waals surface area contributed by atoms with Crippen LogP contribution in [0.1, 0.15) is 32.2 Å². The van der Waals surface area contributed by atoms with Gasteiger partial charge in [0.05, 0.1) is 5.69 Å². The van der Waals surface area contributed by atoms with Gasteiger partial charge in [-0.2, -0.15) is 5.10 Å². The van der Waals surface area contributed by atoms with Crippen LogP contribution >= 0.6 is 0 Å². The molecule has 2 rings (SSSR count). The number of rotatable bonds is 2. The van der Waals surface area contributed by atoms with Crippen LogP contribution in [0.15, 0.2) is 18.3 Å². The minimum absolute atomic E-state index is 0.0329. The number of hydrogen-bond donors (Lipinski definition) is 1. The number of aromatic nitrogens is 4. The molecule has 0 atom stereocenters. The second-order valence-corrected chi connectivity index (χ2v) is 5.44. The molecule has 0 aromatic carbocycles. The van der Waals surface area contributed by atoms with Crippen molar-refractivity contribution in [3.05, 3.63) is 29.7 Å². The third kappa shape index (κ3) is 2.67. The van der Waals surface area contributed by atoms with Crippen molar-refractivity contribution >= 4 is 11.8 Å². The fraction of sp³-hybridized carbons (Fsp3) is 0.462. The molecule has 5 nitrogen and oxygen atoms in total. The molecule has 0 aliphatic rings. The van der Waals surface area contributed by atoms with E-state index < -0.39 is 0 Å². The molecule has 0 saturated heterocycles. The van der Waals surface area contributed by atoms with Crippen molar-refractivity contribution in [2.45, 2.75) is 33.1 Å². The molecule has 2 heterocycles. The van der Waals surface area contributed by atoms with Crippen molar-refractivity contribution in [3.8, 4) is 0 Å². The molecule has 0 bridgehead atoms. The van der Waals surface area contributed by atoms with Gasteiger partial charge in [-0.05, 0) is 13.0 Å². The monoisotopic (exact) mass is 245 g/mol. The van der Waals surface area contributed by atoms with Gasteiger partial charge in [0.1, 0.15) is 5.82 Å². The molecule has 0 amide bonds. The van der Waals surface area contributed by atoms with Gasteiger partial charge in [-0.3, -0.25) is 4.68 Å². The molecule has 5 heteroatoms. The first-order valence-electron chi connectivity index (χ1n) is 5.97. The summed E-state index contributed by atoms with van der Waals surface area (Å²) in [6, 6.07) is 3.90. The quantitative estimate of drug-likeness (QED) is 0.883. The van der Waals surface area contributed by atoms with Crippen molar-refractivity contribution in [1.29, 1.82) is 0 Å². The molecular weight excluding hydrogens is 226 g/mol. The Morgan fingerprint density at radius 1 is 1.28 bits per heavy atom. The van der Waals surface area contributed by atoms with Crippen LogP contribution in [0, 0.1) is 6.92 Å². The maximum Gasteiger partial charge on any atom is 0.228 e.